The third-order valence-electron chi connectivity index (χ3n) is 10.7. The van der Waals surface area contributed by atoms with Gasteiger partial charge in [0.2, 0.25) is 5.36 Å². The second-order valence-electron chi connectivity index (χ2n) is 14.4. The van der Waals surface area contributed by atoms with E-state index in [1.54, 1.807) is 0 Å². The molecule has 0 radical (unpaired) electrons. The van der Waals surface area contributed by atoms with E-state index in [0.717, 1.165) is 95.6 Å². The molecule has 2 aromatic rings. The normalized spacial score (nSPS) is 11.6. The second kappa shape index (κ2) is 22.3. The zero-order valence-electron chi connectivity index (χ0n) is 33.5. The fraction of sp³-hybridized carbons (Fsp3) is 0.532. The van der Waals surface area contributed by atoms with Crippen LogP contribution in [0.5, 0.6) is 0 Å². The number of unbranched alkanes of at least 4 members (excludes halogenated alkanes) is 12. The number of amides is 1. The molecule has 1 heterocycles. The molecule has 0 N–H and O–H groups in total. The van der Waals surface area contributed by atoms with Gasteiger partial charge >= 0.3 is 0 Å². The Hall–Kier alpha value is -3.86. The number of rotatable bonds is 23. The zero-order chi connectivity index (χ0) is 37.1. The largest absolute Gasteiger partial charge is 0.456 e. The van der Waals surface area contributed by atoms with E-state index in [0.29, 0.717) is 0 Å². The number of carbonyl (C=O) groups excluding carboxylic acids is 1. The smallest absolute Gasteiger partial charge is 0.254 e. The molecular weight excluding hydrogens is 639 g/mol. The maximum Gasteiger partial charge on any atom is 0.254 e. The van der Waals surface area contributed by atoms with E-state index in [-0.39, 0.29) is 5.91 Å². The van der Waals surface area contributed by atoms with Crippen LogP contribution < -0.4 is 14.8 Å². The van der Waals surface area contributed by atoms with Crippen molar-refractivity contribution in [3.63, 3.8) is 0 Å². The maximum absolute atomic E-state index is 14.1. The van der Waals surface area contributed by atoms with Gasteiger partial charge in [-0.3, -0.25) is 4.79 Å². The van der Waals surface area contributed by atoms with Crippen molar-refractivity contribution in [2.24, 2.45) is 0 Å². The second-order valence-corrected chi connectivity index (χ2v) is 14.4. The molecule has 0 saturated carbocycles. The molecule has 2 aliphatic rings. The Morgan fingerprint density at radius 1 is 0.692 bits per heavy atom. The first kappa shape index (κ1) is 40.9. The Morgan fingerprint density at radius 3 is 1.98 bits per heavy atom. The first-order chi connectivity index (χ1) is 25.5. The van der Waals surface area contributed by atoms with Gasteiger partial charge in [0.05, 0.1) is 6.07 Å². The van der Waals surface area contributed by atoms with Crippen LogP contribution in [0.1, 0.15) is 135 Å². The molecule has 282 valence electrons. The molecule has 0 saturated heterocycles. The molecule has 4 rings (SSSR count). The van der Waals surface area contributed by atoms with Crippen LogP contribution in [0.4, 0.5) is 5.69 Å². The maximum atomic E-state index is 14.1. The fourth-order valence-corrected chi connectivity index (χ4v) is 7.52. The summed E-state index contributed by atoms with van der Waals surface area (Å²) in [5.41, 5.74) is 5.76. The number of hydrogen-bond donors (Lipinski definition) is 0. The van der Waals surface area contributed by atoms with Crippen LogP contribution in [-0.4, -0.2) is 50.6 Å². The molecule has 5 heteroatoms. The van der Waals surface area contributed by atoms with Gasteiger partial charge in [0.25, 0.3) is 5.91 Å². The predicted octanol–water partition coefficient (Wildman–Crippen LogP) is 12.0. The van der Waals surface area contributed by atoms with E-state index in [9.17, 15) is 4.79 Å². The molecular formula is C47H68N3O2+. The molecule has 0 fully saturated rings. The molecule has 52 heavy (non-hydrogen) atoms. The highest BCUT2D eigenvalue weighted by molar-refractivity contribution is 6.09. The van der Waals surface area contributed by atoms with Crippen LogP contribution in [-0.2, 0) is 0 Å². The van der Waals surface area contributed by atoms with Gasteiger partial charge in [0.1, 0.15) is 24.4 Å². The van der Waals surface area contributed by atoms with Gasteiger partial charge in [-0.1, -0.05) is 95.1 Å². The lowest BCUT2D eigenvalue weighted by Gasteiger charge is -2.23. The minimum absolute atomic E-state index is 0.0740. The number of allylic oxidation sites excluding steroid dienone is 2. The SMILES string of the molecule is CCCCCCCCC=CCCCCCCCCN(C)C(=O)c1ccccc1-c1c2ccc(=[N+](CC)CC)cc-2oc2cc(N(CC)CC)ccc12. The standard InChI is InChI=1S/C47H68N3O2/c1-7-12-13-14-15-16-17-18-19-20-21-22-23-24-25-28-35-48(6)47(51)41-30-27-26-29-40(41)46-42-33-31-38(49(8-2)9-3)36-44(42)52-45-37-39(32-34-43(45)46)50(10-4)11-5/h18-19,26-27,29-34,36-37H,7-17,20-25,28,35H2,1-6H3/q+1. The number of carbonyl (C=O) groups is 1. The van der Waals surface area contributed by atoms with Crippen molar-refractivity contribution < 1.29 is 9.21 Å². The Balaban J connectivity index is 1.43. The van der Waals surface area contributed by atoms with E-state index in [1.165, 1.54) is 77.0 Å². The topological polar surface area (TPSA) is 39.7 Å². The first-order valence-corrected chi connectivity index (χ1v) is 20.8. The summed E-state index contributed by atoms with van der Waals surface area (Å²) in [6.45, 7) is 15.5. The lowest BCUT2D eigenvalue weighted by molar-refractivity contribution is 0.0793. The van der Waals surface area contributed by atoms with Crippen LogP contribution in [0.15, 0.2) is 77.2 Å². The average Bonchev–Trinajstić information content (AvgIpc) is 3.17. The highest BCUT2D eigenvalue weighted by Crippen LogP contribution is 2.42. The molecule has 5 nitrogen and oxygen atoms in total. The van der Waals surface area contributed by atoms with E-state index in [1.807, 2.05) is 30.1 Å². The van der Waals surface area contributed by atoms with Crippen LogP contribution in [0.25, 0.3) is 33.4 Å². The minimum Gasteiger partial charge on any atom is -0.456 e. The molecule has 1 amide bonds. The van der Waals surface area contributed by atoms with Gasteiger partial charge in [-0.15, -0.1) is 0 Å². The third-order valence-corrected chi connectivity index (χ3v) is 10.7. The molecule has 1 aliphatic heterocycles. The van der Waals surface area contributed by atoms with Crippen molar-refractivity contribution in [3.05, 3.63) is 83.7 Å². The summed E-state index contributed by atoms with van der Waals surface area (Å²) in [7, 11) is 1.96. The Labute approximate surface area is 315 Å². The van der Waals surface area contributed by atoms with Crippen LogP contribution in [0, 0.1) is 0 Å². The molecule has 0 aromatic heterocycles. The Kier molecular flexibility index (Phi) is 17.5. The van der Waals surface area contributed by atoms with Crippen LogP contribution >= 0.6 is 0 Å². The molecule has 0 bridgehead atoms. The van der Waals surface area contributed by atoms with Gasteiger partial charge in [-0.05, 0) is 89.6 Å². The van der Waals surface area contributed by atoms with Gasteiger partial charge in [0, 0.05) is 66.6 Å². The van der Waals surface area contributed by atoms with Crippen molar-refractivity contribution in [1.82, 2.24) is 9.48 Å². The zero-order valence-corrected chi connectivity index (χ0v) is 33.5. The third kappa shape index (κ3) is 11.3. The number of fused-ring (bicyclic) bond motifs is 2. The van der Waals surface area contributed by atoms with Gasteiger partial charge in [-0.2, -0.15) is 0 Å². The first-order valence-electron chi connectivity index (χ1n) is 20.8. The highest BCUT2D eigenvalue weighted by Gasteiger charge is 2.24. The monoisotopic (exact) mass is 707 g/mol. The number of benzene rings is 3. The van der Waals surface area contributed by atoms with Gasteiger partial charge in [0.15, 0.2) is 0 Å². The van der Waals surface area contributed by atoms with Crippen molar-refractivity contribution >= 4 is 22.6 Å². The summed E-state index contributed by atoms with van der Waals surface area (Å²) < 4.78 is 9.05. The molecule has 1 aliphatic carbocycles. The van der Waals surface area contributed by atoms with Gasteiger partial charge < -0.3 is 14.2 Å². The number of anilines is 1. The number of hydrogen-bond acceptors (Lipinski definition) is 3. The lowest BCUT2D eigenvalue weighted by atomic mass is 9.90. The van der Waals surface area contributed by atoms with Crippen molar-refractivity contribution in [1.29, 1.82) is 0 Å². The van der Waals surface area contributed by atoms with Crippen LogP contribution in [0.2, 0.25) is 0 Å². The summed E-state index contributed by atoms with van der Waals surface area (Å²) >= 11 is 0. The quantitative estimate of drug-likeness (QED) is 0.0334. The van der Waals surface area contributed by atoms with Crippen molar-refractivity contribution in [3.8, 4) is 22.5 Å². The number of nitrogens with zero attached hydrogens (tertiary/aromatic N) is 3. The summed E-state index contributed by atoms with van der Waals surface area (Å²) in [6, 6.07) is 21.2. The fourth-order valence-electron chi connectivity index (χ4n) is 7.52. The molecule has 0 unspecified atom stereocenters. The average molecular weight is 707 g/mol. The Bertz CT molecular complexity index is 1720. The highest BCUT2D eigenvalue weighted by atomic mass is 16.3. The summed E-state index contributed by atoms with van der Waals surface area (Å²) in [5, 5.41) is 2.17. The Morgan fingerprint density at radius 2 is 1.33 bits per heavy atom. The predicted molar refractivity (Wildman–Crippen MR) is 225 cm³/mol. The summed E-state index contributed by atoms with van der Waals surface area (Å²) in [4.78, 5) is 18.4. The van der Waals surface area contributed by atoms with Crippen molar-refractivity contribution in [2.75, 3.05) is 44.7 Å². The summed E-state index contributed by atoms with van der Waals surface area (Å²) in [6.07, 6.45) is 22.8. The van der Waals surface area contributed by atoms with E-state index >= 15 is 0 Å². The summed E-state index contributed by atoms with van der Waals surface area (Å²) in [5.74, 6) is 0.911. The molecule has 2 aromatic carbocycles. The molecule has 0 spiro atoms. The van der Waals surface area contributed by atoms with Crippen LogP contribution in [0.3, 0.4) is 0 Å². The van der Waals surface area contributed by atoms with Crippen molar-refractivity contribution in [2.45, 2.75) is 125 Å². The van der Waals surface area contributed by atoms with E-state index < -0.39 is 0 Å². The lowest BCUT2D eigenvalue weighted by Crippen LogP contribution is -2.29. The minimum atomic E-state index is 0.0740. The van der Waals surface area contributed by atoms with Gasteiger partial charge in [-0.25, -0.2) is 4.58 Å². The molecule has 0 atom stereocenters. The van der Waals surface area contributed by atoms with E-state index in [2.05, 4.69) is 98.7 Å². The van der Waals surface area contributed by atoms with E-state index in [4.69, 9.17) is 4.42 Å².